The lowest BCUT2D eigenvalue weighted by Crippen LogP contribution is -2.41. The van der Waals surface area contributed by atoms with Crippen molar-refractivity contribution in [2.24, 2.45) is 5.92 Å². The van der Waals surface area contributed by atoms with Gasteiger partial charge in [-0.3, -0.25) is 4.79 Å². The topological polar surface area (TPSA) is 35.6 Å². The van der Waals surface area contributed by atoms with Crippen molar-refractivity contribution in [3.05, 3.63) is 0 Å². The number of hydrogen-bond donors (Lipinski definition) is 1. The van der Waals surface area contributed by atoms with Crippen LogP contribution in [0.15, 0.2) is 0 Å². The Labute approximate surface area is 104 Å². The van der Waals surface area contributed by atoms with Gasteiger partial charge in [0.05, 0.1) is 6.54 Å². The maximum absolute atomic E-state index is 11.8. The highest BCUT2D eigenvalue weighted by Gasteiger charge is 2.29. The molecule has 2 aliphatic rings. The minimum absolute atomic E-state index is 0.247. The molecule has 1 unspecified atom stereocenters. The van der Waals surface area contributed by atoms with E-state index in [1.165, 1.54) is 38.8 Å². The molecule has 0 bridgehead atoms. The number of nitrogens with zero attached hydrogens (tertiary/aromatic N) is 2. The second-order valence-corrected chi connectivity index (χ2v) is 5.64. The fraction of sp³-hybridized carbons (Fsp3) is 0.923. The molecule has 0 aromatic heterocycles. The van der Waals surface area contributed by atoms with Gasteiger partial charge in [-0.05, 0) is 51.7 Å². The predicted molar refractivity (Wildman–Crippen MR) is 68.9 cm³/mol. The molecule has 1 N–H and O–H groups in total. The van der Waals surface area contributed by atoms with Crippen molar-refractivity contribution in [1.82, 2.24) is 15.1 Å². The summed E-state index contributed by atoms with van der Waals surface area (Å²) in [6, 6.07) is 0.533. The second kappa shape index (κ2) is 5.83. The number of rotatable bonds is 5. The Morgan fingerprint density at radius 3 is 2.82 bits per heavy atom. The average Bonchev–Trinajstić information content (AvgIpc) is 3.12. The summed E-state index contributed by atoms with van der Waals surface area (Å²) in [4.78, 5) is 16.1. The Morgan fingerprint density at radius 1 is 1.41 bits per heavy atom. The highest BCUT2D eigenvalue weighted by molar-refractivity contribution is 5.78. The van der Waals surface area contributed by atoms with Gasteiger partial charge in [0.2, 0.25) is 5.91 Å². The maximum atomic E-state index is 11.8. The van der Waals surface area contributed by atoms with Gasteiger partial charge < -0.3 is 15.1 Å². The minimum atomic E-state index is 0.247. The van der Waals surface area contributed by atoms with Crippen LogP contribution in [0.2, 0.25) is 0 Å². The molecule has 2 rings (SSSR count). The van der Waals surface area contributed by atoms with E-state index in [4.69, 9.17) is 0 Å². The van der Waals surface area contributed by atoms with Crippen molar-refractivity contribution in [2.45, 2.75) is 31.7 Å². The van der Waals surface area contributed by atoms with Gasteiger partial charge in [-0.25, -0.2) is 0 Å². The number of hydrogen-bond acceptors (Lipinski definition) is 3. The van der Waals surface area contributed by atoms with Crippen molar-refractivity contribution in [1.29, 1.82) is 0 Å². The van der Waals surface area contributed by atoms with Crippen LogP contribution in [-0.2, 0) is 4.79 Å². The first-order chi connectivity index (χ1) is 8.16. The summed E-state index contributed by atoms with van der Waals surface area (Å²) in [5, 5.41) is 3.32. The second-order valence-electron chi connectivity index (χ2n) is 5.64. The van der Waals surface area contributed by atoms with Crippen molar-refractivity contribution in [3.63, 3.8) is 0 Å². The molecule has 1 saturated carbocycles. The van der Waals surface area contributed by atoms with Gasteiger partial charge in [-0.2, -0.15) is 0 Å². The lowest BCUT2D eigenvalue weighted by atomic mass is 9.98. The van der Waals surface area contributed by atoms with Crippen LogP contribution < -0.4 is 5.32 Å². The molecule has 0 aromatic rings. The van der Waals surface area contributed by atoms with Gasteiger partial charge in [0.1, 0.15) is 0 Å². The van der Waals surface area contributed by atoms with Gasteiger partial charge in [-0.1, -0.05) is 0 Å². The van der Waals surface area contributed by atoms with Crippen molar-refractivity contribution < 1.29 is 4.79 Å². The van der Waals surface area contributed by atoms with Crippen molar-refractivity contribution in [3.8, 4) is 0 Å². The molecule has 98 valence electrons. The SMILES string of the molecule is CN1CCCC(CNCC(=O)N(C)C2CC2)C1. The molecule has 1 amide bonds. The maximum Gasteiger partial charge on any atom is 0.236 e. The summed E-state index contributed by atoms with van der Waals surface area (Å²) in [5.74, 6) is 0.962. The van der Waals surface area contributed by atoms with Crippen LogP contribution in [0.4, 0.5) is 0 Å². The summed E-state index contributed by atoms with van der Waals surface area (Å²) in [7, 11) is 4.11. The highest BCUT2D eigenvalue weighted by atomic mass is 16.2. The molecule has 4 heteroatoms. The van der Waals surface area contributed by atoms with Crippen LogP contribution in [0.1, 0.15) is 25.7 Å². The van der Waals surface area contributed by atoms with Crippen LogP contribution in [0, 0.1) is 5.92 Å². The molecule has 17 heavy (non-hydrogen) atoms. The summed E-state index contributed by atoms with van der Waals surface area (Å²) in [6.07, 6.45) is 4.97. The number of carbonyl (C=O) groups excluding carboxylic acids is 1. The molecule has 1 saturated heterocycles. The molecular formula is C13H25N3O. The first-order valence-electron chi connectivity index (χ1n) is 6.81. The number of nitrogens with one attached hydrogen (secondary N) is 1. The molecule has 1 heterocycles. The lowest BCUT2D eigenvalue weighted by molar-refractivity contribution is -0.129. The largest absolute Gasteiger partial charge is 0.342 e. The Kier molecular flexibility index (Phi) is 4.40. The average molecular weight is 239 g/mol. The number of piperidine rings is 1. The number of amides is 1. The van der Waals surface area contributed by atoms with Crippen LogP contribution in [0.25, 0.3) is 0 Å². The van der Waals surface area contributed by atoms with E-state index < -0.39 is 0 Å². The molecule has 0 radical (unpaired) electrons. The fourth-order valence-corrected chi connectivity index (χ4v) is 2.61. The fourth-order valence-electron chi connectivity index (χ4n) is 2.61. The van der Waals surface area contributed by atoms with E-state index in [0.29, 0.717) is 18.5 Å². The van der Waals surface area contributed by atoms with E-state index in [1.807, 2.05) is 11.9 Å². The van der Waals surface area contributed by atoms with E-state index in [2.05, 4.69) is 17.3 Å². The molecule has 1 aliphatic carbocycles. The van der Waals surface area contributed by atoms with Gasteiger partial charge in [0.15, 0.2) is 0 Å². The number of likely N-dealkylation sites (tertiary alicyclic amines) is 1. The standard InChI is InChI=1S/C13H25N3O/c1-15-7-3-4-11(10-15)8-14-9-13(17)16(2)12-5-6-12/h11-12,14H,3-10H2,1-2H3. The first-order valence-corrected chi connectivity index (χ1v) is 6.81. The molecule has 2 fully saturated rings. The Balaban J connectivity index is 1.60. The molecular weight excluding hydrogens is 214 g/mol. The van der Waals surface area contributed by atoms with Crippen molar-refractivity contribution in [2.75, 3.05) is 40.3 Å². The van der Waals surface area contributed by atoms with E-state index in [1.54, 1.807) is 0 Å². The first kappa shape index (κ1) is 12.8. The third-order valence-electron chi connectivity index (χ3n) is 3.92. The summed E-state index contributed by atoms with van der Waals surface area (Å²) >= 11 is 0. The van der Waals surface area contributed by atoms with Gasteiger partial charge >= 0.3 is 0 Å². The predicted octanol–water partition coefficient (Wildman–Crippen LogP) is 0.539. The Hall–Kier alpha value is -0.610. The highest BCUT2D eigenvalue weighted by Crippen LogP contribution is 2.25. The molecule has 4 nitrogen and oxygen atoms in total. The van der Waals surface area contributed by atoms with Crippen LogP contribution in [0.5, 0.6) is 0 Å². The third kappa shape index (κ3) is 3.96. The quantitative estimate of drug-likeness (QED) is 0.760. The number of likely N-dealkylation sites (N-methyl/N-ethyl adjacent to an activating group) is 1. The van der Waals surface area contributed by atoms with Gasteiger partial charge in [-0.15, -0.1) is 0 Å². The number of carbonyl (C=O) groups is 1. The zero-order valence-electron chi connectivity index (χ0n) is 11.1. The molecule has 0 spiro atoms. The Morgan fingerprint density at radius 2 is 2.18 bits per heavy atom. The zero-order chi connectivity index (χ0) is 12.3. The molecule has 1 atom stereocenters. The normalized spacial score (nSPS) is 25.9. The molecule has 0 aromatic carbocycles. The third-order valence-corrected chi connectivity index (χ3v) is 3.92. The monoisotopic (exact) mass is 239 g/mol. The van der Waals surface area contributed by atoms with Crippen LogP contribution >= 0.6 is 0 Å². The summed E-state index contributed by atoms with van der Waals surface area (Å²) in [6.45, 7) is 3.88. The van der Waals surface area contributed by atoms with Gasteiger partial charge in [0.25, 0.3) is 0 Å². The molecule has 1 aliphatic heterocycles. The zero-order valence-corrected chi connectivity index (χ0v) is 11.1. The van der Waals surface area contributed by atoms with E-state index in [9.17, 15) is 4.79 Å². The van der Waals surface area contributed by atoms with E-state index in [-0.39, 0.29) is 5.91 Å². The van der Waals surface area contributed by atoms with Crippen LogP contribution in [-0.4, -0.2) is 62.0 Å². The lowest BCUT2D eigenvalue weighted by Gasteiger charge is -2.29. The van der Waals surface area contributed by atoms with E-state index >= 15 is 0 Å². The van der Waals surface area contributed by atoms with Crippen LogP contribution in [0.3, 0.4) is 0 Å². The smallest absolute Gasteiger partial charge is 0.236 e. The summed E-state index contributed by atoms with van der Waals surface area (Å²) < 4.78 is 0. The van der Waals surface area contributed by atoms with Crippen molar-refractivity contribution >= 4 is 5.91 Å². The van der Waals surface area contributed by atoms with E-state index in [0.717, 1.165) is 6.54 Å². The minimum Gasteiger partial charge on any atom is -0.342 e. The Bertz CT molecular complexity index is 265. The summed E-state index contributed by atoms with van der Waals surface area (Å²) in [5.41, 5.74) is 0. The van der Waals surface area contributed by atoms with Gasteiger partial charge in [0, 0.05) is 19.6 Å².